The van der Waals surface area contributed by atoms with Crippen LogP contribution in [0.5, 0.6) is 0 Å². The number of aromatic amines is 1. The fraction of sp³-hybridized carbons (Fsp3) is 0.136. The highest BCUT2D eigenvalue weighted by atomic mass is 16.2. The highest BCUT2D eigenvalue weighted by Gasteiger charge is 2.64. The Morgan fingerprint density at radius 3 is 1.97 bits per heavy atom. The van der Waals surface area contributed by atoms with Gasteiger partial charge in [0, 0.05) is 5.92 Å². The quantitative estimate of drug-likeness (QED) is 0.379. The molecule has 0 aliphatic carbocycles. The molecular formula is C22H18N6O4. The Labute approximate surface area is 181 Å². The maximum absolute atomic E-state index is 13.6. The SMILES string of the molecule is Nc1nc2c(c(=O)[nH]1)C(c1ccccc1)C1(C(=O)NC(=O)NC1=O)C(c1ccccc1)N2. The van der Waals surface area contributed by atoms with Crippen molar-refractivity contribution in [1.82, 2.24) is 20.6 Å². The number of nitrogens with zero attached hydrogens (tertiary/aromatic N) is 1. The van der Waals surface area contributed by atoms with Gasteiger partial charge < -0.3 is 11.1 Å². The van der Waals surface area contributed by atoms with Gasteiger partial charge in [0.15, 0.2) is 5.41 Å². The second kappa shape index (κ2) is 7.05. The Hall–Kier alpha value is -4.47. The van der Waals surface area contributed by atoms with Crippen LogP contribution in [0.1, 0.15) is 28.7 Å². The predicted octanol–water partition coefficient (Wildman–Crippen LogP) is 1.00. The van der Waals surface area contributed by atoms with Crippen molar-refractivity contribution in [3.8, 4) is 0 Å². The molecule has 1 fully saturated rings. The van der Waals surface area contributed by atoms with Gasteiger partial charge in [0.05, 0.1) is 11.6 Å². The second-order valence-electron chi connectivity index (χ2n) is 7.65. The van der Waals surface area contributed by atoms with Crippen LogP contribution >= 0.6 is 0 Å². The van der Waals surface area contributed by atoms with Gasteiger partial charge in [-0.2, -0.15) is 4.98 Å². The van der Waals surface area contributed by atoms with Crippen LogP contribution in [0, 0.1) is 5.41 Å². The van der Waals surface area contributed by atoms with E-state index in [2.05, 4.69) is 25.9 Å². The third-order valence-corrected chi connectivity index (χ3v) is 5.93. The number of imide groups is 2. The molecule has 1 spiro atoms. The lowest BCUT2D eigenvalue weighted by atomic mass is 9.59. The summed E-state index contributed by atoms with van der Waals surface area (Å²) in [5.74, 6) is -2.64. The van der Waals surface area contributed by atoms with E-state index in [1.54, 1.807) is 60.7 Å². The Balaban J connectivity index is 1.89. The van der Waals surface area contributed by atoms with Crippen LogP contribution in [0.25, 0.3) is 0 Å². The van der Waals surface area contributed by atoms with E-state index in [9.17, 15) is 19.2 Å². The first-order chi connectivity index (χ1) is 15.4. The number of benzene rings is 2. The van der Waals surface area contributed by atoms with Crippen molar-refractivity contribution in [3.05, 3.63) is 87.7 Å². The zero-order valence-corrected chi connectivity index (χ0v) is 16.6. The Kier molecular flexibility index (Phi) is 4.29. The zero-order valence-electron chi connectivity index (χ0n) is 16.6. The average Bonchev–Trinajstić information content (AvgIpc) is 2.77. The molecule has 3 aromatic rings. The van der Waals surface area contributed by atoms with Crippen LogP contribution in [0.2, 0.25) is 0 Å². The molecule has 2 aliphatic rings. The summed E-state index contributed by atoms with van der Waals surface area (Å²) in [7, 11) is 0. The van der Waals surface area contributed by atoms with Crippen molar-refractivity contribution in [2.24, 2.45) is 5.41 Å². The molecule has 0 radical (unpaired) electrons. The molecule has 0 saturated carbocycles. The van der Waals surface area contributed by atoms with E-state index >= 15 is 0 Å². The molecule has 4 amide bonds. The lowest BCUT2D eigenvalue weighted by Gasteiger charge is -2.48. The number of amides is 4. The molecule has 160 valence electrons. The van der Waals surface area contributed by atoms with E-state index in [0.29, 0.717) is 11.1 Å². The number of nitrogen functional groups attached to an aromatic ring is 1. The number of hydrogen-bond donors (Lipinski definition) is 5. The molecule has 10 heteroatoms. The number of hydrogen-bond acceptors (Lipinski definition) is 7. The molecule has 32 heavy (non-hydrogen) atoms. The van der Waals surface area contributed by atoms with Gasteiger partial charge in [0.2, 0.25) is 17.8 Å². The third kappa shape index (κ3) is 2.69. The van der Waals surface area contributed by atoms with Crippen molar-refractivity contribution in [1.29, 1.82) is 0 Å². The number of barbiturate groups is 1. The van der Waals surface area contributed by atoms with E-state index < -0.39 is 40.8 Å². The number of fused-ring (bicyclic) bond motifs is 1. The molecule has 2 aliphatic heterocycles. The Bertz CT molecular complexity index is 1290. The van der Waals surface area contributed by atoms with Crippen molar-refractivity contribution in [3.63, 3.8) is 0 Å². The Morgan fingerprint density at radius 1 is 0.812 bits per heavy atom. The minimum Gasteiger partial charge on any atom is -0.369 e. The fourth-order valence-electron chi connectivity index (χ4n) is 4.66. The summed E-state index contributed by atoms with van der Waals surface area (Å²) in [6, 6.07) is 15.7. The molecule has 10 nitrogen and oxygen atoms in total. The van der Waals surface area contributed by atoms with Crippen molar-refractivity contribution < 1.29 is 14.4 Å². The van der Waals surface area contributed by atoms with Gasteiger partial charge in [0.25, 0.3) is 5.56 Å². The maximum atomic E-state index is 13.6. The molecule has 6 N–H and O–H groups in total. The minimum atomic E-state index is -1.91. The lowest BCUT2D eigenvalue weighted by Crippen LogP contribution is -2.68. The van der Waals surface area contributed by atoms with Gasteiger partial charge in [-0.3, -0.25) is 30.0 Å². The standard InChI is InChI=1S/C22H18N6O4/c23-20-25-16-13(17(29)26-20)14(11-7-3-1-4-8-11)22(18(30)27-21(32)28-19(22)31)15(24-16)12-9-5-2-6-10-12/h1-10,14-15H,(H4,23,24,25,26,29)(H2,27,28,30,31,32). The molecule has 3 heterocycles. The number of rotatable bonds is 2. The van der Waals surface area contributed by atoms with Crippen molar-refractivity contribution >= 4 is 29.6 Å². The number of aromatic nitrogens is 2. The molecule has 1 saturated heterocycles. The van der Waals surface area contributed by atoms with E-state index in [4.69, 9.17) is 5.73 Å². The van der Waals surface area contributed by atoms with Gasteiger partial charge in [-0.15, -0.1) is 0 Å². The van der Waals surface area contributed by atoms with Gasteiger partial charge in [-0.05, 0) is 11.1 Å². The highest BCUT2D eigenvalue weighted by Crippen LogP contribution is 2.55. The highest BCUT2D eigenvalue weighted by molar-refractivity contribution is 6.21. The summed E-state index contributed by atoms with van der Waals surface area (Å²) in [4.78, 5) is 58.9. The van der Waals surface area contributed by atoms with Crippen LogP contribution in [0.3, 0.4) is 0 Å². The number of carbonyl (C=O) groups excluding carboxylic acids is 3. The number of nitrogens with one attached hydrogen (secondary N) is 4. The Morgan fingerprint density at radius 2 is 1.38 bits per heavy atom. The van der Waals surface area contributed by atoms with Crippen LogP contribution < -0.4 is 27.2 Å². The summed E-state index contributed by atoms with van der Waals surface area (Å²) in [6.45, 7) is 0. The third-order valence-electron chi connectivity index (χ3n) is 5.93. The number of anilines is 2. The first-order valence-corrected chi connectivity index (χ1v) is 9.86. The average molecular weight is 430 g/mol. The number of H-pyrrole nitrogens is 1. The van der Waals surface area contributed by atoms with Crippen molar-refractivity contribution in [2.75, 3.05) is 11.1 Å². The maximum Gasteiger partial charge on any atom is 0.328 e. The van der Waals surface area contributed by atoms with E-state index in [-0.39, 0.29) is 17.3 Å². The number of nitrogens with two attached hydrogens (primary N) is 1. The van der Waals surface area contributed by atoms with Crippen LogP contribution in [-0.2, 0) is 9.59 Å². The normalized spacial score (nSPS) is 21.3. The molecule has 5 rings (SSSR count). The first-order valence-electron chi connectivity index (χ1n) is 9.86. The topological polar surface area (TPSA) is 159 Å². The fourth-order valence-corrected chi connectivity index (χ4v) is 4.66. The molecule has 2 aromatic carbocycles. The molecule has 2 unspecified atom stereocenters. The monoisotopic (exact) mass is 430 g/mol. The second-order valence-corrected chi connectivity index (χ2v) is 7.65. The molecule has 2 atom stereocenters. The number of urea groups is 1. The van der Waals surface area contributed by atoms with E-state index in [1.807, 2.05) is 0 Å². The zero-order chi connectivity index (χ0) is 22.5. The van der Waals surface area contributed by atoms with Gasteiger partial charge in [0.1, 0.15) is 5.82 Å². The number of carbonyl (C=O) groups is 3. The molecular weight excluding hydrogens is 412 g/mol. The van der Waals surface area contributed by atoms with Crippen LogP contribution in [0.15, 0.2) is 65.5 Å². The predicted molar refractivity (Wildman–Crippen MR) is 114 cm³/mol. The van der Waals surface area contributed by atoms with Gasteiger partial charge in [-0.1, -0.05) is 60.7 Å². The van der Waals surface area contributed by atoms with Crippen molar-refractivity contribution in [2.45, 2.75) is 12.0 Å². The summed E-state index contributed by atoms with van der Waals surface area (Å²) < 4.78 is 0. The van der Waals surface area contributed by atoms with E-state index in [0.717, 1.165) is 0 Å². The summed E-state index contributed by atoms with van der Waals surface area (Å²) in [6.07, 6.45) is 0. The smallest absolute Gasteiger partial charge is 0.328 e. The summed E-state index contributed by atoms with van der Waals surface area (Å²) in [5.41, 5.74) is 4.50. The van der Waals surface area contributed by atoms with Crippen LogP contribution in [0.4, 0.5) is 16.6 Å². The summed E-state index contributed by atoms with van der Waals surface area (Å²) in [5, 5.41) is 7.54. The largest absolute Gasteiger partial charge is 0.369 e. The van der Waals surface area contributed by atoms with Gasteiger partial charge >= 0.3 is 6.03 Å². The van der Waals surface area contributed by atoms with Crippen LogP contribution in [-0.4, -0.2) is 27.8 Å². The summed E-state index contributed by atoms with van der Waals surface area (Å²) >= 11 is 0. The lowest BCUT2D eigenvalue weighted by molar-refractivity contribution is -0.147. The van der Waals surface area contributed by atoms with E-state index in [1.165, 1.54) is 0 Å². The minimum absolute atomic E-state index is 0.0808. The molecule has 0 bridgehead atoms. The molecule has 1 aromatic heterocycles. The first kappa shape index (κ1) is 19.5. The van der Waals surface area contributed by atoms with Gasteiger partial charge in [-0.25, -0.2) is 4.79 Å².